The van der Waals surface area contributed by atoms with Crippen LogP contribution in [0.3, 0.4) is 0 Å². The molecule has 1 fully saturated rings. The number of aromatic nitrogens is 2. The molecule has 3 heterocycles. The fourth-order valence-corrected chi connectivity index (χ4v) is 3.23. The van der Waals surface area contributed by atoms with Gasteiger partial charge in [-0.1, -0.05) is 0 Å². The summed E-state index contributed by atoms with van der Waals surface area (Å²) in [6, 6.07) is 3.77. The number of amides is 2. The molecule has 7 nitrogen and oxygen atoms in total. The van der Waals surface area contributed by atoms with Gasteiger partial charge in [0, 0.05) is 37.3 Å². The van der Waals surface area contributed by atoms with Gasteiger partial charge in [-0.05, 0) is 19.1 Å². The summed E-state index contributed by atoms with van der Waals surface area (Å²) in [5.41, 5.74) is 1.70. The Hall–Kier alpha value is -2.48. The van der Waals surface area contributed by atoms with Crippen molar-refractivity contribution in [2.45, 2.75) is 20.0 Å². The highest BCUT2D eigenvalue weighted by Crippen LogP contribution is 2.16. The van der Waals surface area contributed by atoms with E-state index in [0.29, 0.717) is 38.5 Å². The van der Waals surface area contributed by atoms with E-state index in [9.17, 15) is 9.59 Å². The molecule has 0 saturated carbocycles. The lowest BCUT2D eigenvalue weighted by Gasteiger charge is -2.32. The van der Waals surface area contributed by atoms with Crippen molar-refractivity contribution in [3.8, 4) is 5.75 Å². The van der Waals surface area contributed by atoms with Crippen LogP contribution in [0.15, 0.2) is 23.7 Å². The molecule has 8 heteroatoms. The molecule has 0 radical (unpaired) electrons. The highest BCUT2D eigenvalue weighted by molar-refractivity contribution is 7.09. The number of nitrogens with zero attached hydrogens (tertiary/aromatic N) is 4. The van der Waals surface area contributed by atoms with Gasteiger partial charge in [-0.15, -0.1) is 11.3 Å². The van der Waals surface area contributed by atoms with Crippen LogP contribution in [0.4, 0.5) is 0 Å². The van der Waals surface area contributed by atoms with Gasteiger partial charge < -0.3 is 14.5 Å². The molecule has 2 amide bonds. The molecule has 0 aliphatic carbocycles. The van der Waals surface area contributed by atoms with E-state index in [4.69, 9.17) is 4.74 Å². The van der Waals surface area contributed by atoms with Crippen molar-refractivity contribution in [3.05, 3.63) is 40.1 Å². The van der Waals surface area contributed by atoms with Gasteiger partial charge in [0.2, 0.25) is 12.3 Å². The standard InChI is InChI=1S/C17H20N4O3S/c1-13-2-3-15(9-18-13)24-10-16-19-14(11-25-16)8-17(23)21-6-4-20(12-22)5-7-21/h2-3,9,11-12H,4-8,10H2,1H3. The van der Waals surface area contributed by atoms with E-state index in [1.54, 1.807) is 16.0 Å². The highest BCUT2D eigenvalue weighted by atomic mass is 32.1. The van der Waals surface area contributed by atoms with Crippen LogP contribution in [0.25, 0.3) is 0 Å². The molecular weight excluding hydrogens is 340 g/mol. The Morgan fingerprint density at radius 2 is 2.12 bits per heavy atom. The number of carbonyl (C=O) groups is 2. The Balaban J connectivity index is 1.48. The van der Waals surface area contributed by atoms with Crippen molar-refractivity contribution in [2.24, 2.45) is 0 Å². The predicted octanol–water partition coefficient (Wildman–Crippen LogP) is 1.27. The maximum atomic E-state index is 12.3. The van der Waals surface area contributed by atoms with E-state index in [1.165, 1.54) is 11.3 Å². The van der Waals surface area contributed by atoms with Crippen LogP contribution < -0.4 is 4.74 Å². The number of thiazole rings is 1. The number of carbonyl (C=O) groups excluding carboxylic acids is 2. The minimum atomic E-state index is 0.0473. The third-order valence-electron chi connectivity index (χ3n) is 3.99. The molecule has 0 bridgehead atoms. The number of ether oxygens (including phenoxy) is 1. The summed E-state index contributed by atoms with van der Waals surface area (Å²) in [6.07, 6.45) is 2.80. The van der Waals surface area contributed by atoms with Gasteiger partial charge in [0.1, 0.15) is 17.4 Å². The van der Waals surface area contributed by atoms with Gasteiger partial charge in [0.25, 0.3) is 0 Å². The molecule has 0 unspecified atom stereocenters. The number of piperazine rings is 1. The zero-order chi connectivity index (χ0) is 17.6. The third-order valence-corrected chi connectivity index (χ3v) is 4.87. The van der Waals surface area contributed by atoms with Gasteiger partial charge in [-0.2, -0.15) is 0 Å². The maximum absolute atomic E-state index is 12.3. The van der Waals surface area contributed by atoms with E-state index in [1.807, 2.05) is 24.4 Å². The largest absolute Gasteiger partial charge is 0.485 e. The van der Waals surface area contributed by atoms with Gasteiger partial charge in [-0.25, -0.2) is 4.98 Å². The second-order valence-electron chi connectivity index (χ2n) is 5.86. The number of pyridine rings is 1. The van der Waals surface area contributed by atoms with Crippen molar-refractivity contribution >= 4 is 23.7 Å². The van der Waals surface area contributed by atoms with Gasteiger partial charge in [0.05, 0.1) is 18.3 Å². The van der Waals surface area contributed by atoms with Crippen molar-refractivity contribution < 1.29 is 14.3 Å². The van der Waals surface area contributed by atoms with Crippen LogP contribution in [0.1, 0.15) is 16.4 Å². The first kappa shape index (κ1) is 17.3. The third kappa shape index (κ3) is 4.76. The maximum Gasteiger partial charge on any atom is 0.228 e. The number of aryl methyl sites for hydroxylation is 1. The minimum absolute atomic E-state index is 0.0473. The summed E-state index contributed by atoms with van der Waals surface area (Å²) in [5.74, 6) is 0.748. The fraction of sp³-hybridized carbons (Fsp3) is 0.412. The fourth-order valence-electron chi connectivity index (χ4n) is 2.52. The molecule has 0 N–H and O–H groups in total. The van der Waals surface area contributed by atoms with Crippen LogP contribution in [-0.4, -0.2) is 58.3 Å². The van der Waals surface area contributed by atoms with Gasteiger partial charge in [-0.3, -0.25) is 14.6 Å². The second-order valence-corrected chi connectivity index (χ2v) is 6.80. The Morgan fingerprint density at radius 3 is 2.80 bits per heavy atom. The topological polar surface area (TPSA) is 75.6 Å². The molecule has 0 aromatic carbocycles. The Morgan fingerprint density at radius 1 is 1.32 bits per heavy atom. The summed E-state index contributed by atoms with van der Waals surface area (Å²) in [6.45, 7) is 4.64. The van der Waals surface area contributed by atoms with Crippen molar-refractivity contribution in [1.82, 2.24) is 19.8 Å². The first-order valence-electron chi connectivity index (χ1n) is 8.10. The van der Waals surface area contributed by atoms with Gasteiger partial charge in [0.15, 0.2) is 0 Å². The SMILES string of the molecule is Cc1ccc(OCc2nc(CC(=O)N3CCN(C=O)CC3)cs2)cn1. The van der Waals surface area contributed by atoms with Crippen LogP contribution in [0, 0.1) is 6.92 Å². The lowest BCUT2D eigenvalue weighted by Crippen LogP contribution is -2.48. The van der Waals surface area contributed by atoms with Gasteiger partial charge >= 0.3 is 0 Å². The average molecular weight is 360 g/mol. The number of hydrogen-bond donors (Lipinski definition) is 0. The molecule has 1 aliphatic heterocycles. The molecule has 132 valence electrons. The monoisotopic (exact) mass is 360 g/mol. The van der Waals surface area contributed by atoms with E-state index in [2.05, 4.69) is 9.97 Å². The molecule has 0 spiro atoms. The lowest BCUT2D eigenvalue weighted by atomic mass is 10.2. The number of rotatable bonds is 6. The molecule has 0 atom stereocenters. The Kier molecular flexibility index (Phi) is 5.60. The van der Waals surface area contributed by atoms with Crippen molar-refractivity contribution in [3.63, 3.8) is 0 Å². The smallest absolute Gasteiger partial charge is 0.228 e. The minimum Gasteiger partial charge on any atom is -0.485 e. The molecule has 2 aromatic rings. The number of hydrogen-bond acceptors (Lipinski definition) is 6. The Bertz CT molecular complexity index is 724. The summed E-state index contributed by atoms with van der Waals surface area (Å²) in [7, 11) is 0. The summed E-state index contributed by atoms with van der Waals surface area (Å²) < 4.78 is 5.66. The van der Waals surface area contributed by atoms with Crippen LogP contribution in [0.5, 0.6) is 5.75 Å². The van der Waals surface area contributed by atoms with Crippen LogP contribution in [0.2, 0.25) is 0 Å². The zero-order valence-electron chi connectivity index (χ0n) is 14.1. The first-order chi connectivity index (χ1) is 12.1. The van der Waals surface area contributed by atoms with E-state index < -0.39 is 0 Å². The van der Waals surface area contributed by atoms with Crippen molar-refractivity contribution in [2.75, 3.05) is 26.2 Å². The summed E-state index contributed by atoms with van der Waals surface area (Å²) in [4.78, 5) is 35.2. The molecule has 2 aromatic heterocycles. The zero-order valence-corrected chi connectivity index (χ0v) is 14.9. The summed E-state index contributed by atoms with van der Waals surface area (Å²) in [5, 5.41) is 2.72. The predicted molar refractivity (Wildman–Crippen MR) is 93.3 cm³/mol. The van der Waals surface area contributed by atoms with E-state index in [-0.39, 0.29) is 12.3 Å². The molecule has 3 rings (SSSR count). The Labute approximate surface area is 150 Å². The van der Waals surface area contributed by atoms with E-state index in [0.717, 1.165) is 22.8 Å². The van der Waals surface area contributed by atoms with Crippen LogP contribution >= 0.6 is 11.3 Å². The quantitative estimate of drug-likeness (QED) is 0.725. The molecule has 25 heavy (non-hydrogen) atoms. The molecule has 1 saturated heterocycles. The second kappa shape index (κ2) is 8.06. The van der Waals surface area contributed by atoms with Crippen molar-refractivity contribution in [1.29, 1.82) is 0 Å². The first-order valence-corrected chi connectivity index (χ1v) is 8.98. The summed E-state index contributed by atoms with van der Waals surface area (Å²) >= 11 is 1.48. The molecular formula is C17H20N4O3S. The average Bonchev–Trinajstić information content (AvgIpc) is 3.08. The van der Waals surface area contributed by atoms with Crippen LogP contribution in [-0.2, 0) is 22.6 Å². The lowest BCUT2D eigenvalue weighted by molar-refractivity contribution is -0.134. The highest BCUT2D eigenvalue weighted by Gasteiger charge is 2.21. The molecule has 1 aliphatic rings. The normalized spacial score (nSPS) is 14.4. The van der Waals surface area contributed by atoms with E-state index >= 15 is 0 Å².